The number of pyridine rings is 3. The second-order valence-electron chi connectivity index (χ2n) is 10.9. The highest BCUT2D eigenvalue weighted by Crippen LogP contribution is 2.52. The molecule has 10 heteroatoms. The number of carbonyl (C=O) groups is 1. The van der Waals surface area contributed by atoms with Crippen molar-refractivity contribution in [3.8, 4) is 22.3 Å². The van der Waals surface area contributed by atoms with Gasteiger partial charge in [0.1, 0.15) is 5.56 Å². The molecule has 204 valence electrons. The van der Waals surface area contributed by atoms with Crippen LogP contribution in [0.1, 0.15) is 28.0 Å². The molecule has 2 saturated heterocycles. The maximum atomic E-state index is 15.7. The SMILES string of the molecule is CNc1cc(F)c(F)c2c1Cc1ncc(-c3ccc4ccc(C(=O)O)c(=O)n4c3)c(N3CC[C@H]4CN(C)C[C@H]43)c1-2. The number of anilines is 2. The molecule has 0 saturated carbocycles. The van der Waals surface area contributed by atoms with Gasteiger partial charge in [-0.15, -0.1) is 0 Å². The van der Waals surface area contributed by atoms with E-state index >= 15 is 4.39 Å². The lowest BCUT2D eigenvalue weighted by molar-refractivity contribution is 0.0694. The molecule has 0 bridgehead atoms. The molecule has 5 heterocycles. The average Bonchev–Trinajstić information content (AvgIpc) is 3.62. The third kappa shape index (κ3) is 3.48. The van der Waals surface area contributed by atoms with Crippen LogP contribution < -0.4 is 15.8 Å². The Kier molecular flexibility index (Phi) is 5.47. The number of aromatic carboxylic acids is 1. The van der Waals surface area contributed by atoms with Gasteiger partial charge in [0, 0.05) is 91.1 Å². The van der Waals surface area contributed by atoms with Crippen molar-refractivity contribution >= 4 is 22.9 Å². The normalized spacial score (nSPS) is 19.6. The summed E-state index contributed by atoms with van der Waals surface area (Å²) in [5.74, 6) is -2.67. The van der Waals surface area contributed by atoms with Gasteiger partial charge in [-0.3, -0.25) is 14.2 Å². The maximum Gasteiger partial charge on any atom is 0.341 e. The van der Waals surface area contributed by atoms with Crippen molar-refractivity contribution in [2.24, 2.45) is 5.92 Å². The fourth-order valence-electron chi connectivity index (χ4n) is 6.91. The summed E-state index contributed by atoms with van der Waals surface area (Å²) >= 11 is 0. The van der Waals surface area contributed by atoms with Gasteiger partial charge in [-0.25, -0.2) is 13.6 Å². The fraction of sp³-hybridized carbons (Fsp3) is 0.300. The summed E-state index contributed by atoms with van der Waals surface area (Å²) in [6, 6.07) is 7.88. The van der Waals surface area contributed by atoms with E-state index in [0.29, 0.717) is 51.5 Å². The molecule has 2 fully saturated rings. The molecule has 3 aromatic heterocycles. The minimum atomic E-state index is -1.30. The highest BCUT2D eigenvalue weighted by Gasteiger charge is 2.43. The molecule has 2 atom stereocenters. The monoisotopic (exact) mass is 543 g/mol. The number of nitrogens with one attached hydrogen (secondary N) is 1. The number of carboxylic acid groups (broad SMARTS) is 1. The molecule has 0 spiro atoms. The molecule has 2 aliphatic heterocycles. The number of benzene rings is 1. The zero-order valence-corrected chi connectivity index (χ0v) is 22.0. The Morgan fingerprint density at radius 3 is 2.73 bits per heavy atom. The third-order valence-electron chi connectivity index (χ3n) is 8.73. The number of aromatic nitrogens is 2. The number of nitrogens with zero attached hydrogens (tertiary/aromatic N) is 4. The Labute approximate surface area is 228 Å². The van der Waals surface area contributed by atoms with Crippen LogP contribution in [0.15, 0.2) is 47.5 Å². The molecule has 2 N–H and O–H groups in total. The van der Waals surface area contributed by atoms with Crippen molar-refractivity contribution in [2.45, 2.75) is 18.9 Å². The van der Waals surface area contributed by atoms with Gasteiger partial charge in [0.05, 0.1) is 11.4 Å². The summed E-state index contributed by atoms with van der Waals surface area (Å²) in [6.45, 7) is 2.58. The minimum Gasteiger partial charge on any atom is -0.477 e. The topological polar surface area (TPSA) is 90.2 Å². The van der Waals surface area contributed by atoms with E-state index in [1.165, 1.54) is 16.5 Å². The van der Waals surface area contributed by atoms with Crippen LogP contribution in [0.5, 0.6) is 0 Å². The molecule has 40 heavy (non-hydrogen) atoms. The first kappa shape index (κ1) is 24.7. The van der Waals surface area contributed by atoms with Gasteiger partial charge in [0.2, 0.25) is 0 Å². The van der Waals surface area contributed by atoms with Crippen LogP contribution in [0.25, 0.3) is 27.8 Å². The molecule has 0 unspecified atom stereocenters. The van der Waals surface area contributed by atoms with Gasteiger partial charge < -0.3 is 20.2 Å². The fourth-order valence-corrected chi connectivity index (χ4v) is 6.91. The Bertz CT molecular complexity index is 1800. The first-order valence-corrected chi connectivity index (χ1v) is 13.3. The zero-order valence-electron chi connectivity index (χ0n) is 22.0. The predicted molar refractivity (Wildman–Crippen MR) is 148 cm³/mol. The second-order valence-corrected chi connectivity index (χ2v) is 10.9. The van der Waals surface area contributed by atoms with Crippen LogP contribution in [0, 0.1) is 17.6 Å². The number of fused-ring (bicyclic) bond motifs is 5. The average molecular weight is 544 g/mol. The summed E-state index contributed by atoms with van der Waals surface area (Å²) in [5.41, 5.74) is 4.36. The van der Waals surface area contributed by atoms with E-state index in [-0.39, 0.29) is 17.2 Å². The van der Waals surface area contributed by atoms with Gasteiger partial charge in [-0.1, -0.05) is 6.07 Å². The maximum absolute atomic E-state index is 15.7. The number of carboxylic acids is 1. The molecule has 8 nitrogen and oxygen atoms in total. The van der Waals surface area contributed by atoms with E-state index in [4.69, 9.17) is 4.98 Å². The van der Waals surface area contributed by atoms with E-state index in [2.05, 4.69) is 22.2 Å². The molecule has 1 aliphatic carbocycles. The van der Waals surface area contributed by atoms with Crippen molar-refractivity contribution in [3.05, 3.63) is 81.5 Å². The van der Waals surface area contributed by atoms with Crippen molar-refractivity contribution in [2.75, 3.05) is 43.9 Å². The molecular weight excluding hydrogens is 516 g/mol. The third-order valence-corrected chi connectivity index (χ3v) is 8.73. The second kappa shape index (κ2) is 8.85. The lowest BCUT2D eigenvalue weighted by Crippen LogP contribution is -2.35. The van der Waals surface area contributed by atoms with E-state index in [1.807, 2.05) is 6.07 Å². The van der Waals surface area contributed by atoms with Crippen LogP contribution in [0.2, 0.25) is 0 Å². The molecule has 7 rings (SSSR count). The molecule has 4 aromatic rings. The number of rotatable bonds is 4. The zero-order chi connectivity index (χ0) is 27.9. The predicted octanol–water partition coefficient (Wildman–Crippen LogP) is 4.09. The number of likely N-dealkylation sites (tertiary alicyclic amines) is 1. The molecule has 0 radical (unpaired) electrons. The number of halogens is 2. The van der Waals surface area contributed by atoms with Crippen molar-refractivity contribution < 1.29 is 18.7 Å². The van der Waals surface area contributed by atoms with E-state index in [0.717, 1.165) is 31.7 Å². The first-order valence-electron chi connectivity index (χ1n) is 13.3. The smallest absolute Gasteiger partial charge is 0.341 e. The summed E-state index contributed by atoms with van der Waals surface area (Å²) in [4.78, 5) is 34.0. The Morgan fingerprint density at radius 1 is 1.15 bits per heavy atom. The van der Waals surface area contributed by atoms with Crippen LogP contribution in [-0.4, -0.2) is 65.1 Å². The summed E-state index contributed by atoms with van der Waals surface area (Å²) < 4.78 is 31.9. The summed E-state index contributed by atoms with van der Waals surface area (Å²) in [7, 11) is 3.78. The lowest BCUT2D eigenvalue weighted by Gasteiger charge is -2.31. The molecule has 3 aliphatic rings. The van der Waals surface area contributed by atoms with Crippen molar-refractivity contribution in [1.82, 2.24) is 14.3 Å². The largest absolute Gasteiger partial charge is 0.477 e. The van der Waals surface area contributed by atoms with Gasteiger partial charge in [0.25, 0.3) is 5.56 Å². The lowest BCUT2D eigenvalue weighted by atomic mass is 9.96. The van der Waals surface area contributed by atoms with Gasteiger partial charge in [-0.2, -0.15) is 0 Å². The van der Waals surface area contributed by atoms with Gasteiger partial charge in [0.15, 0.2) is 11.6 Å². The Balaban J connectivity index is 1.51. The van der Waals surface area contributed by atoms with E-state index in [1.54, 1.807) is 31.6 Å². The summed E-state index contributed by atoms with van der Waals surface area (Å²) in [6.07, 6.45) is 4.70. The van der Waals surface area contributed by atoms with E-state index < -0.39 is 23.2 Å². The van der Waals surface area contributed by atoms with Crippen LogP contribution in [0.3, 0.4) is 0 Å². The first-order chi connectivity index (χ1) is 19.3. The van der Waals surface area contributed by atoms with Gasteiger partial charge in [-0.05, 0) is 43.1 Å². The number of likely N-dealkylation sites (N-methyl/N-ethyl adjacent to an activating group) is 1. The minimum absolute atomic E-state index is 0.196. The Hall–Kier alpha value is -4.31. The Morgan fingerprint density at radius 2 is 1.95 bits per heavy atom. The molecule has 1 aromatic carbocycles. The number of hydrogen-bond acceptors (Lipinski definition) is 6. The van der Waals surface area contributed by atoms with E-state index in [9.17, 15) is 19.1 Å². The van der Waals surface area contributed by atoms with Crippen molar-refractivity contribution in [1.29, 1.82) is 0 Å². The highest BCUT2D eigenvalue weighted by molar-refractivity contribution is 5.97. The molecular formula is C30H27F2N5O3. The highest BCUT2D eigenvalue weighted by atomic mass is 19.2. The summed E-state index contributed by atoms with van der Waals surface area (Å²) in [5, 5.41) is 12.5. The van der Waals surface area contributed by atoms with Crippen molar-refractivity contribution in [3.63, 3.8) is 0 Å². The van der Waals surface area contributed by atoms with Crippen LogP contribution in [0.4, 0.5) is 20.2 Å². The molecule has 0 amide bonds. The van der Waals surface area contributed by atoms with Crippen LogP contribution >= 0.6 is 0 Å². The number of hydrogen-bond donors (Lipinski definition) is 2. The quantitative estimate of drug-likeness (QED) is 0.353. The standard InChI is InChI=1S/C30H27F2N5O3/c1-33-22-10-21(31)27(32)25-19(22)9-23-26(25)28(36-8-7-16-12-35(2)14-24(16)36)20(11-34-23)15-3-4-17-5-6-18(30(39)40)29(38)37(17)13-15/h3-6,10-11,13,16,24,33H,7-9,12,14H2,1-2H3,(H,39,40)/t16-,24+/m0/s1. The van der Waals surface area contributed by atoms with Crippen LogP contribution in [-0.2, 0) is 6.42 Å². The van der Waals surface area contributed by atoms with Gasteiger partial charge >= 0.3 is 5.97 Å².